The van der Waals surface area contributed by atoms with Crippen LogP contribution in [0.1, 0.15) is 12.5 Å². The lowest BCUT2D eigenvalue weighted by Crippen LogP contribution is -3.08. The number of nitrogens with one attached hydrogen (secondary N) is 3. The van der Waals surface area contributed by atoms with Crippen molar-refractivity contribution in [3.05, 3.63) is 59.1 Å². The van der Waals surface area contributed by atoms with Gasteiger partial charge in [-0.05, 0) is 36.4 Å². The summed E-state index contributed by atoms with van der Waals surface area (Å²) in [6.07, 6.45) is 0. The van der Waals surface area contributed by atoms with Gasteiger partial charge < -0.3 is 15.5 Å². The standard InChI is InChI=1S/C18H20ClN3O2/c1-13(23)20-16-6-8-17(9-7-16)21-18(24)12-22(2)11-14-4-3-5-15(19)10-14/h3-10H,11-12H2,1-2H3,(H,20,23)(H,21,24)/p+1. The Morgan fingerprint density at radius 1 is 1.04 bits per heavy atom. The largest absolute Gasteiger partial charge is 0.326 e. The average Bonchev–Trinajstić information content (AvgIpc) is 2.48. The second-order valence-corrected chi connectivity index (χ2v) is 6.18. The quantitative estimate of drug-likeness (QED) is 0.748. The zero-order chi connectivity index (χ0) is 17.5. The Bertz CT molecular complexity index is 716. The molecular formula is C18H21ClN3O2+. The predicted octanol–water partition coefficient (Wildman–Crippen LogP) is 1.95. The molecule has 24 heavy (non-hydrogen) atoms. The number of benzene rings is 2. The van der Waals surface area contributed by atoms with Crippen LogP contribution >= 0.6 is 11.6 Å². The van der Waals surface area contributed by atoms with E-state index < -0.39 is 0 Å². The number of quaternary nitrogens is 1. The van der Waals surface area contributed by atoms with Gasteiger partial charge in [0.05, 0.1) is 7.05 Å². The monoisotopic (exact) mass is 346 g/mol. The Morgan fingerprint density at radius 3 is 2.25 bits per heavy atom. The summed E-state index contributed by atoms with van der Waals surface area (Å²) in [6.45, 7) is 2.52. The number of carbonyl (C=O) groups excluding carboxylic acids is 2. The molecule has 2 amide bonds. The molecule has 126 valence electrons. The zero-order valence-corrected chi connectivity index (χ0v) is 14.5. The van der Waals surface area contributed by atoms with Crippen LogP contribution in [0.25, 0.3) is 0 Å². The second-order valence-electron chi connectivity index (χ2n) is 5.75. The highest BCUT2D eigenvalue weighted by Gasteiger charge is 2.11. The first-order valence-corrected chi connectivity index (χ1v) is 8.03. The van der Waals surface area contributed by atoms with E-state index in [1.165, 1.54) is 6.92 Å². The normalized spacial score (nSPS) is 11.6. The highest BCUT2D eigenvalue weighted by molar-refractivity contribution is 6.30. The maximum Gasteiger partial charge on any atom is 0.279 e. The van der Waals surface area contributed by atoms with Crippen molar-refractivity contribution in [2.75, 3.05) is 24.2 Å². The number of carbonyl (C=O) groups is 2. The summed E-state index contributed by atoms with van der Waals surface area (Å²) >= 11 is 5.97. The Labute approximate surface area is 146 Å². The fourth-order valence-electron chi connectivity index (χ4n) is 2.38. The minimum atomic E-state index is -0.127. The van der Waals surface area contributed by atoms with Crippen molar-refractivity contribution in [2.24, 2.45) is 0 Å². The van der Waals surface area contributed by atoms with Gasteiger partial charge in [-0.25, -0.2) is 0 Å². The van der Waals surface area contributed by atoms with E-state index in [1.807, 2.05) is 31.3 Å². The van der Waals surface area contributed by atoms with Gasteiger partial charge in [0, 0.05) is 28.9 Å². The van der Waals surface area contributed by atoms with Crippen LogP contribution in [-0.4, -0.2) is 25.4 Å². The second kappa shape index (κ2) is 8.47. The fourth-order valence-corrected chi connectivity index (χ4v) is 2.59. The van der Waals surface area contributed by atoms with Crippen molar-refractivity contribution in [2.45, 2.75) is 13.5 Å². The Balaban J connectivity index is 1.84. The smallest absolute Gasteiger partial charge is 0.279 e. The number of hydrogen-bond donors (Lipinski definition) is 3. The molecule has 0 aromatic heterocycles. The van der Waals surface area contributed by atoms with Crippen LogP contribution < -0.4 is 15.5 Å². The molecule has 1 unspecified atom stereocenters. The molecule has 5 nitrogen and oxygen atoms in total. The average molecular weight is 347 g/mol. The minimum Gasteiger partial charge on any atom is -0.326 e. The van der Waals surface area contributed by atoms with E-state index in [9.17, 15) is 9.59 Å². The first-order valence-electron chi connectivity index (χ1n) is 7.65. The molecule has 0 aliphatic carbocycles. The number of amides is 2. The summed E-state index contributed by atoms with van der Waals surface area (Å²) < 4.78 is 0. The van der Waals surface area contributed by atoms with E-state index in [-0.39, 0.29) is 11.8 Å². The predicted molar refractivity (Wildman–Crippen MR) is 96.3 cm³/mol. The molecule has 0 aliphatic heterocycles. The maximum absolute atomic E-state index is 12.1. The highest BCUT2D eigenvalue weighted by atomic mass is 35.5. The molecule has 2 aromatic rings. The molecule has 0 aliphatic rings. The molecule has 0 spiro atoms. The van der Waals surface area contributed by atoms with E-state index in [1.54, 1.807) is 24.3 Å². The molecule has 2 rings (SSSR count). The number of halogens is 1. The molecule has 3 N–H and O–H groups in total. The Hall–Kier alpha value is -2.37. The molecule has 2 aromatic carbocycles. The van der Waals surface area contributed by atoms with Crippen LogP contribution in [0.4, 0.5) is 11.4 Å². The fraction of sp³-hybridized carbons (Fsp3) is 0.222. The summed E-state index contributed by atoms with van der Waals surface area (Å²) in [7, 11) is 1.96. The van der Waals surface area contributed by atoms with Crippen molar-refractivity contribution in [1.82, 2.24) is 0 Å². The summed E-state index contributed by atoms with van der Waals surface area (Å²) in [5.74, 6) is -0.195. The minimum absolute atomic E-state index is 0.0678. The third kappa shape index (κ3) is 6.02. The van der Waals surface area contributed by atoms with Gasteiger partial charge in [-0.3, -0.25) is 9.59 Å². The van der Waals surface area contributed by atoms with Crippen molar-refractivity contribution in [3.8, 4) is 0 Å². The maximum atomic E-state index is 12.1. The SMILES string of the molecule is CC(=O)Nc1ccc(NC(=O)C[NH+](C)Cc2cccc(Cl)c2)cc1. The third-order valence-corrected chi connectivity index (χ3v) is 3.58. The van der Waals surface area contributed by atoms with Gasteiger partial charge >= 0.3 is 0 Å². The molecule has 0 heterocycles. The first kappa shape index (κ1) is 18.0. The zero-order valence-electron chi connectivity index (χ0n) is 13.7. The summed E-state index contributed by atoms with van der Waals surface area (Å²) in [5.41, 5.74) is 2.49. The third-order valence-electron chi connectivity index (χ3n) is 3.35. The molecule has 1 atom stereocenters. The van der Waals surface area contributed by atoms with Gasteiger partial charge in [0.15, 0.2) is 6.54 Å². The molecular weight excluding hydrogens is 326 g/mol. The molecule has 6 heteroatoms. The van der Waals surface area contributed by atoms with Crippen molar-refractivity contribution in [1.29, 1.82) is 0 Å². The van der Waals surface area contributed by atoms with Gasteiger partial charge in [0.2, 0.25) is 5.91 Å². The lowest BCUT2D eigenvalue weighted by molar-refractivity contribution is -0.885. The van der Waals surface area contributed by atoms with E-state index in [0.717, 1.165) is 17.0 Å². The van der Waals surface area contributed by atoms with Crippen LogP contribution in [0.3, 0.4) is 0 Å². The molecule has 0 fully saturated rings. The summed E-state index contributed by atoms with van der Waals surface area (Å²) in [4.78, 5) is 24.2. The van der Waals surface area contributed by atoms with Crippen molar-refractivity contribution < 1.29 is 14.5 Å². The van der Waals surface area contributed by atoms with Crippen LogP contribution in [0.2, 0.25) is 5.02 Å². The van der Waals surface area contributed by atoms with Gasteiger partial charge in [-0.15, -0.1) is 0 Å². The van der Waals surface area contributed by atoms with Crippen LogP contribution in [0, 0.1) is 0 Å². The Morgan fingerprint density at radius 2 is 1.67 bits per heavy atom. The van der Waals surface area contributed by atoms with E-state index in [2.05, 4.69) is 10.6 Å². The van der Waals surface area contributed by atoms with Crippen molar-refractivity contribution >= 4 is 34.8 Å². The number of hydrogen-bond acceptors (Lipinski definition) is 2. The van der Waals surface area contributed by atoms with Gasteiger partial charge in [0.1, 0.15) is 6.54 Å². The summed E-state index contributed by atoms with van der Waals surface area (Å²) in [5, 5.41) is 6.23. The van der Waals surface area contributed by atoms with Gasteiger partial charge in [-0.2, -0.15) is 0 Å². The first-order chi connectivity index (χ1) is 11.4. The van der Waals surface area contributed by atoms with E-state index in [4.69, 9.17) is 11.6 Å². The molecule has 0 saturated carbocycles. The van der Waals surface area contributed by atoms with E-state index in [0.29, 0.717) is 22.9 Å². The van der Waals surface area contributed by atoms with Gasteiger partial charge in [0.25, 0.3) is 5.91 Å². The van der Waals surface area contributed by atoms with Crippen LogP contribution in [0.5, 0.6) is 0 Å². The Kier molecular flexibility index (Phi) is 6.35. The van der Waals surface area contributed by atoms with E-state index >= 15 is 0 Å². The molecule has 0 bridgehead atoms. The number of likely N-dealkylation sites (N-methyl/N-ethyl adjacent to an activating group) is 1. The topological polar surface area (TPSA) is 62.6 Å². The van der Waals surface area contributed by atoms with Crippen molar-refractivity contribution in [3.63, 3.8) is 0 Å². The lowest BCUT2D eigenvalue weighted by Gasteiger charge is -2.14. The van der Waals surface area contributed by atoms with Crippen LogP contribution in [0.15, 0.2) is 48.5 Å². The highest BCUT2D eigenvalue weighted by Crippen LogP contribution is 2.13. The number of anilines is 2. The van der Waals surface area contributed by atoms with Crippen LogP contribution in [-0.2, 0) is 16.1 Å². The number of rotatable bonds is 6. The molecule has 0 radical (unpaired) electrons. The summed E-state index contributed by atoms with van der Waals surface area (Å²) in [6, 6.07) is 14.7. The lowest BCUT2D eigenvalue weighted by atomic mass is 10.2. The van der Waals surface area contributed by atoms with Gasteiger partial charge in [-0.1, -0.05) is 23.7 Å². The molecule has 0 saturated heterocycles.